The van der Waals surface area contributed by atoms with Gasteiger partial charge in [0.1, 0.15) is 5.76 Å². The van der Waals surface area contributed by atoms with E-state index in [4.69, 9.17) is 4.52 Å². The van der Waals surface area contributed by atoms with Crippen LogP contribution in [-0.2, 0) is 16.0 Å². The van der Waals surface area contributed by atoms with Crippen LogP contribution in [0.25, 0.3) is 0 Å². The van der Waals surface area contributed by atoms with Crippen molar-refractivity contribution < 1.29 is 14.1 Å². The van der Waals surface area contributed by atoms with Crippen LogP contribution in [0.15, 0.2) is 34.9 Å². The average Bonchev–Trinajstić information content (AvgIpc) is 3.12. The standard InChI is InChI=1S/C21H26N4O3/c1-15-13-19(23-28-15)22-20(26)14-24-9-11-25(12-10-24)21(27)18-8-4-6-16-5-2-3-7-17(16)18/h2-3,5,7,13,18H,4,6,8-12,14H2,1H3,(H,22,23,26)/t18-/m1/s1. The maximum Gasteiger partial charge on any atom is 0.239 e. The van der Waals surface area contributed by atoms with Crippen molar-refractivity contribution in [3.63, 3.8) is 0 Å². The van der Waals surface area contributed by atoms with Gasteiger partial charge in [0.15, 0.2) is 5.82 Å². The first kappa shape index (κ1) is 18.7. The second-order valence-corrected chi connectivity index (χ2v) is 7.62. The van der Waals surface area contributed by atoms with Crippen LogP contribution in [0, 0.1) is 6.92 Å². The van der Waals surface area contributed by atoms with Crippen molar-refractivity contribution in [2.45, 2.75) is 32.1 Å². The zero-order valence-corrected chi connectivity index (χ0v) is 16.2. The molecule has 0 bridgehead atoms. The second kappa shape index (κ2) is 8.14. The molecule has 2 aliphatic rings. The zero-order valence-electron chi connectivity index (χ0n) is 16.2. The third-order valence-electron chi connectivity index (χ3n) is 5.61. The Labute approximate surface area is 164 Å². The van der Waals surface area contributed by atoms with Crippen LogP contribution in [0.4, 0.5) is 5.82 Å². The fraction of sp³-hybridized carbons (Fsp3) is 0.476. The van der Waals surface area contributed by atoms with E-state index in [0.29, 0.717) is 44.3 Å². The Kier molecular flexibility index (Phi) is 5.43. The topological polar surface area (TPSA) is 78.7 Å². The summed E-state index contributed by atoms with van der Waals surface area (Å²) in [5, 5.41) is 6.52. The summed E-state index contributed by atoms with van der Waals surface area (Å²) in [5.74, 6) is 1.19. The highest BCUT2D eigenvalue weighted by molar-refractivity contribution is 5.91. The SMILES string of the molecule is Cc1cc(NC(=O)CN2CCN(C(=O)[C@@H]3CCCc4ccccc43)CC2)no1. The van der Waals surface area contributed by atoms with Crippen molar-refractivity contribution in [2.24, 2.45) is 0 Å². The van der Waals surface area contributed by atoms with Crippen LogP contribution in [0.5, 0.6) is 0 Å². The first-order chi connectivity index (χ1) is 13.6. The number of nitrogens with one attached hydrogen (secondary N) is 1. The Hall–Kier alpha value is -2.67. The van der Waals surface area contributed by atoms with Crippen LogP contribution < -0.4 is 5.32 Å². The highest BCUT2D eigenvalue weighted by atomic mass is 16.5. The van der Waals surface area contributed by atoms with Gasteiger partial charge < -0.3 is 14.7 Å². The normalized spacial score (nSPS) is 19.9. The summed E-state index contributed by atoms with van der Waals surface area (Å²) < 4.78 is 4.96. The largest absolute Gasteiger partial charge is 0.360 e. The van der Waals surface area contributed by atoms with E-state index in [2.05, 4.69) is 33.6 Å². The Balaban J connectivity index is 1.29. The highest BCUT2D eigenvalue weighted by Crippen LogP contribution is 2.33. The Morgan fingerprint density at radius 3 is 2.75 bits per heavy atom. The molecule has 4 rings (SSSR count). The van der Waals surface area contributed by atoms with Gasteiger partial charge in [0.2, 0.25) is 11.8 Å². The molecule has 1 atom stereocenters. The molecule has 1 saturated heterocycles. The molecule has 1 aliphatic carbocycles. The average molecular weight is 382 g/mol. The molecule has 7 nitrogen and oxygen atoms in total. The van der Waals surface area contributed by atoms with Gasteiger partial charge >= 0.3 is 0 Å². The van der Waals surface area contributed by atoms with Crippen LogP contribution in [0.1, 0.15) is 35.6 Å². The lowest BCUT2D eigenvalue weighted by molar-refractivity contribution is -0.135. The molecule has 1 aliphatic heterocycles. The van der Waals surface area contributed by atoms with Gasteiger partial charge in [-0.3, -0.25) is 14.5 Å². The van der Waals surface area contributed by atoms with Gasteiger partial charge in [0, 0.05) is 32.2 Å². The predicted octanol–water partition coefficient (Wildman–Crippen LogP) is 2.19. The van der Waals surface area contributed by atoms with E-state index in [1.807, 2.05) is 11.0 Å². The molecule has 1 aromatic heterocycles. The molecule has 0 radical (unpaired) electrons. The number of aromatic nitrogens is 1. The van der Waals surface area contributed by atoms with Gasteiger partial charge in [-0.2, -0.15) is 0 Å². The maximum atomic E-state index is 13.1. The molecule has 2 amide bonds. The summed E-state index contributed by atoms with van der Waals surface area (Å²) in [6, 6.07) is 10.0. The molecule has 1 aromatic carbocycles. The van der Waals surface area contributed by atoms with Gasteiger partial charge in [-0.15, -0.1) is 0 Å². The van der Waals surface area contributed by atoms with Crippen LogP contribution in [-0.4, -0.2) is 59.5 Å². The number of hydrogen-bond donors (Lipinski definition) is 1. The van der Waals surface area contributed by atoms with Crippen molar-refractivity contribution >= 4 is 17.6 Å². The number of benzene rings is 1. The number of fused-ring (bicyclic) bond motifs is 1. The Bertz CT molecular complexity index is 855. The molecule has 7 heteroatoms. The van der Waals surface area contributed by atoms with Gasteiger partial charge in [0.05, 0.1) is 12.5 Å². The molecular weight excluding hydrogens is 356 g/mol. The minimum absolute atomic E-state index is 0.0183. The fourth-order valence-corrected chi connectivity index (χ4v) is 4.17. The van der Waals surface area contributed by atoms with E-state index in [1.165, 1.54) is 11.1 Å². The van der Waals surface area contributed by atoms with E-state index in [0.717, 1.165) is 19.3 Å². The molecule has 0 unspecified atom stereocenters. The van der Waals surface area contributed by atoms with Crippen molar-refractivity contribution in [2.75, 3.05) is 38.0 Å². The third kappa shape index (κ3) is 4.09. The van der Waals surface area contributed by atoms with Crippen molar-refractivity contribution in [3.8, 4) is 0 Å². The summed E-state index contributed by atoms with van der Waals surface area (Å²) in [5.41, 5.74) is 2.51. The van der Waals surface area contributed by atoms with Gasteiger partial charge in [-0.1, -0.05) is 29.4 Å². The van der Waals surface area contributed by atoms with Crippen molar-refractivity contribution in [1.29, 1.82) is 0 Å². The van der Waals surface area contributed by atoms with Crippen LogP contribution in [0.2, 0.25) is 0 Å². The van der Waals surface area contributed by atoms with E-state index < -0.39 is 0 Å². The quantitative estimate of drug-likeness (QED) is 0.877. The number of rotatable bonds is 4. The summed E-state index contributed by atoms with van der Waals surface area (Å²) in [6.07, 6.45) is 3.05. The lowest BCUT2D eigenvalue weighted by Gasteiger charge is -2.37. The van der Waals surface area contributed by atoms with Crippen LogP contribution >= 0.6 is 0 Å². The molecular formula is C21H26N4O3. The van der Waals surface area contributed by atoms with Gasteiger partial charge in [0.25, 0.3) is 0 Å². The molecule has 0 saturated carbocycles. The summed E-state index contributed by atoms with van der Waals surface area (Å²) in [7, 11) is 0. The molecule has 148 valence electrons. The number of nitrogens with zero attached hydrogens (tertiary/aromatic N) is 3. The van der Waals surface area contributed by atoms with E-state index in [1.54, 1.807) is 13.0 Å². The highest BCUT2D eigenvalue weighted by Gasteiger charge is 2.31. The number of carbonyl (C=O) groups is 2. The van der Waals surface area contributed by atoms with E-state index >= 15 is 0 Å². The minimum Gasteiger partial charge on any atom is -0.360 e. The number of hydrogen-bond acceptors (Lipinski definition) is 5. The summed E-state index contributed by atoms with van der Waals surface area (Å²) >= 11 is 0. The first-order valence-corrected chi connectivity index (χ1v) is 9.92. The maximum absolute atomic E-state index is 13.1. The zero-order chi connectivity index (χ0) is 19.5. The second-order valence-electron chi connectivity index (χ2n) is 7.62. The number of piperazine rings is 1. The lowest BCUT2D eigenvalue weighted by Crippen LogP contribution is -2.51. The molecule has 1 N–H and O–H groups in total. The summed E-state index contributed by atoms with van der Waals surface area (Å²) in [6.45, 7) is 4.79. The number of aryl methyl sites for hydroxylation is 2. The number of carbonyl (C=O) groups excluding carboxylic acids is 2. The molecule has 1 fully saturated rings. The molecule has 2 heterocycles. The number of amides is 2. The smallest absolute Gasteiger partial charge is 0.239 e. The Morgan fingerprint density at radius 1 is 1.21 bits per heavy atom. The lowest BCUT2D eigenvalue weighted by atomic mass is 9.82. The predicted molar refractivity (Wildman–Crippen MR) is 105 cm³/mol. The first-order valence-electron chi connectivity index (χ1n) is 9.92. The molecule has 2 aromatic rings. The van der Waals surface area contributed by atoms with Crippen molar-refractivity contribution in [3.05, 3.63) is 47.2 Å². The molecule has 28 heavy (non-hydrogen) atoms. The van der Waals surface area contributed by atoms with Crippen LogP contribution in [0.3, 0.4) is 0 Å². The van der Waals surface area contributed by atoms with Crippen molar-refractivity contribution in [1.82, 2.24) is 15.0 Å². The molecule has 0 spiro atoms. The fourth-order valence-electron chi connectivity index (χ4n) is 4.17. The van der Waals surface area contributed by atoms with E-state index in [-0.39, 0.29) is 17.7 Å². The van der Waals surface area contributed by atoms with Gasteiger partial charge in [-0.25, -0.2) is 0 Å². The minimum atomic E-state index is -0.116. The Morgan fingerprint density at radius 2 is 2.00 bits per heavy atom. The third-order valence-corrected chi connectivity index (χ3v) is 5.61. The number of anilines is 1. The van der Waals surface area contributed by atoms with E-state index in [9.17, 15) is 9.59 Å². The summed E-state index contributed by atoms with van der Waals surface area (Å²) in [4.78, 5) is 29.3. The van der Waals surface area contributed by atoms with Gasteiger partial charge in [-0.05, 0) is 37.3 Å². The monoisotopic (exact) mass is 382 g/mol.